The van der Waals surface area contributed by atoms with Crippen LogP contribution in [0.15, 0.2) is 12.2 Å². The van der Waals surface area contributed by atoms with Gasteiger partial charge < -0.3 is 5.32 Å². The molecule has 1 nitrogen and oxygen atoms in total. The van der Waals surface area contributed by atoms with E-state index in [-0.39, 0.29) is 0 Å². The van der Waals surface area contributed by atoms with Crippen LogP contribution in [0.5, 0.6) is 0 Å². The maximum Gasteiger partial charge on any atom is 0.0339 e. The molecule has 0 amide bonds. The lowest BCUT2D eigenvalue weighted by Gasteiger charge is -2.04. The summed E-state index contributed by atoms with van der Waals surface area (Å²) in [7, 11) is 0. The van der Waals surface area contributed by atoms with Crippen molar-refractivity contribution in [2.45, 2.75) is 32.2 Å². The van der Waals surface area contributed by atoms with Crippen molar-refractivity contribution >= 4 is 0 Å². The van der Waals surface area contributed by atoms with E-state index in [9.17, 15) is 0 Å². The quantitative estimate of drug-likeness (QED) is 0.450. The summed E-state index contributed by atoms with van der Waals surface area (Å²) in [4.78, 5) is 0. The molecule has 0 aromatic heterocycles. The van der Waals surface area contributed by atoms with Crippen LogP contribution in [0.25, 0.3) is 0 Å². The van der Waals surface area contributed by atoms with Crippen molar-refractivity contribution in [1.29, 1.82) is 0 Å². The van der Waals surface area contributed by atoms with Crippen LogP contribution in [-0.4, -0.2) is 12.1 Å². The van der Waals surface area contributed by atoms with Crippen molar-refractivity contribution in [1.82, 2.24) is 5.32 Å². The van der Waals surface area contributed by atoms with Gasteiger partial charge in [0, 0.05) is 12.1 Å². The second kappa shape index (κ2) is 2.53. The van der Waals surface area contributed by atoms with Crippen LogP contribution >= 0.6 is 0 Å². The molecular weight excluding hydrogens is 110 g/mol. The molecule has 1 rings (SSSR count). The van der Waals surface area contributed by atoms with E-state index in [4.69, 9.17) is 0 Å². The molecule has 1 aliphatic rings. The van der Waals surface area contributed by atoms with Gasteiger partial charge in [-0.2, -0.15) is 0 Å². The van der Waals surface area contributed by atoms with Crippen molar-refractivity contribution in [3.63, 3.8) is 0 Å². The van der Waals surface area contributed by atoms with Crippen molar-refractivity contribution in [2.75, 3.05) is 6.54 Å². The van der Waals surface area contributed by atoms with E-state index >= 15 is 0 Å². The Morgan fingerprint density at radius 3 is 2.67 bits per heavy atom. The van der Waals surface area contributed by atoms with Crippen LogP contribution in [0.2, 0.25) is 0 Å². The van der Waals surface area contributed by atoms with Gasteiger partial charge in [0.1, 0.15) is 0 Å². The summed E-state index contributed by atoms with van der Waals surface area (Å²) >= 11 is 0. The Kier molecular flexibility index (Phi) is 1.91. The predicted octanol–water partition coefficient (Wildman–Crippen LogP) is 1.70. The maximum absolute atomic E-state index is 3.38. The van der Waals surface area contributed by atoms with Crippen molar-refractivity contribution in [2.24, 2.45) is 0 Å². The highest BCUT2D eigenvalue weighted by Crippen LogP contribution is 2.25. The molecule has 0 aromatic carbocycles. The molecule has 0 spiro atoms. The van der Waals surface area contributed by atoms with Gasteiger partial charge in [-0.05, 0) is 19.8 Å². The predicted molar refractivity (Wildman–Crippen MR) is 40.5 cm³/mol. The Bertz CT molecular complexity index is 112. The number of hydrogen-bond acceptors (Lipinski definition) is 1. The van der Waals surface area contributed by atoms with Crippen molar-refractivity contribution < 1.29 is 0 Å². The monoisotopic (exact) mass is 125 g/mol. The number of hydrogen-bond donors (Lipinski definition) is 1. The van der Waals surface area contributed by atoms with Gasteiger partial charge in [0.2, 0.25) is 0 Å². The normalized spacial score (nSPS) is 33.6. The Labute approximate surface area is 57.1 Å². The largest absolute Gasteiger partial charge is 0.308 e. The highest BCUT2D eigenvalue weighted by atomic mass is 15.2. The first kappa shape index (κ1) is 6.81. The van der Waals surface area contributed by atoms with E-state index in [1.807, 2.05) is 0 Å². The topological polar surface area (TPSA) is 21.9 Å². The minimum absolute atomic E-state index is 0.506. The SMILES string of the molecule is CC=CCC1(CC)CN1. The molecular formula is C8H15N. The Balaban J connectivity index is 2.25. The third-order valence-corrected chi connectivity index (χ3v) is 2.10. The molecule has 1 heterocycles. The molecule has 1 unspecified atom stereocenters. The van der Waals surface area contributed by atoms with Gasteiger partial charge in [0.25, 0.3) is 0 Å². The van der Waals surface area contributed by atoms with Gasteiger partial charge in [0.15, 0.2) is 0 Å². The first-order valence-corrected chi connectivity index (χ1v) is 3.69. The number of allylic oxidation sites excluding steroid dienone is 1. The molecule has 0 radical (unpaired) electrons. The summed E-state index contributed by atoms with van der Waals surface area (Å²) < 4.78 is 0. The standard InChI is InChI=1S/C8H15N/c1-3-5-6-8(4-2)7-9-8/h3,5,9H,4,6-7H2,1-2H3. The smallest absolute Gasteiger partial charge is 0.0339 e. The summed E-state index contributed by atoms with van der Waals surface area (Å²) in [6.07, 6.45) is 6.83. The minimum Gasteiger partial charge on any atom is -0.308 e. The molecule has 1 aliphatic heterocycles. The lowest BCUT2D eigenvalue weighted by molar-refractivity contribution is 0.613. The average Bonchev–Trinajstić information content (AvgIpc) is 2.65. The molecule has 0 aliphatic carbocycles. The number of nitrogens with one attached hydrogen (secondary N) is 1. The maximum atomic E-state index is 3.38. The van der Waals surface area contributed by atoms with E-state index in [0.717, 1.165) is 0 Å². The summed E-state index contributed by atoms with van der Waals surface area (Å²) in [5.74, 6) is 0. The van der Waals surface area contributed by atoms with E-state index in [0.29, 0.717) is 5.54 Å². The van der Waals surface area contributed by atoms with E-state index in [1.54, 1.807) is 0 Å². The first-order valence-electron chi connectivity index (χ1n) is 3.69. The van der Waals surface area contributed by atoms with Crippen LogP contribution in [-0.2, 0) is 0 Å². The minimum atomic E-state index is 0.506. The van der Waals surface area contributed by atoms with E-state index in [2.05, 4.69) is 31.3 Å². The number of rotatable bonds is 3. The molecule has 1 saturated heterocycles. The molecule has 1 heteroatoms. The summed E-state index contributed by atoms with van der Waals surface area (Å²) in [6, 6.07) is 0. The van der Waals surface area contributed by atoms with E-state index < -0.39 is 0 Å². The third-order valence-electron chi connectivity index (χ3n) is 2.10. The zero-order valence-corrected chi connectivity index (χ0v) is 6.28. The van der Waals surface area contributed by atoms with Crippen LogP contribution < -0.4 is 5.32 Å². The third kappa shape index (κ3) is 1.55. The summed E-state index contributed by atoms with van der Waals surface area (Å²) in [5.41, 5.74) is 0.506. The van der Waals surface area contributed by atoms with Gasteiger partial charge >= 0.3 is 0 Å². The zero-order chi connectivity index (χ0) is 6.74. The lowest BCUT2D eigenvalue weighted by atomic mass is 10.0. The van der Waals surface area contributed by atoms with Gasteiger partial charge in [-0.1, -0.05) is 19.1 Å². The molecule has 52 valence electrons. The summed E-state index contributed by atoms with van der Waals surface area (Å²) in [6.45, 7) is 5.53. The highest BCUT2D eigenvalue weighted by Gasteiger charge is 2.38. The fraction of sp³-hybridized carbons (Fsp3) is 0.750. The average molecular weight is 125 g/mol. The van der Waals surface area contributed by atoms with Crippen LogP contribution in [0.3, 0.4) is 0 Å². The summed E-state index contributed by atoms with van der Waals surface area (Å²) in [5, 5.41) is 3.38. The van der Waals surface area contributed by atoms with E-state index in [1.165, 1.54) is 19.4 Å². The molecule has 9 heavy (non-hydrogen) atoms. The lowest BCUT2D eigenvalue weighted by Crippen LogP contribution is -2.11. The molecule has 0 aromatic rings. The van der Waals surface area contributed by atoms with Crippen molar-refractivity contribution in [3.8, 4) is 0 Å². The van der Waals surface area contributed by atoms with Gasteiger partial charge in [0.05, 0.1) is 0 Å². The van der Waals surface area contributed by atoms with Crippen LogP contribution in [0.1, 0.15) is 26.7 Å². The molecule has 0 saturated carbocycles. The Morgan fingerprint density at radius 1 is 1.67 bits per heavy atom. The highest BCUT2D eigenvalue weighted by molar-refractivity contribution is 5.07. The first-order chi connectivity index (χ1) is 4.33. The van der Waals surface area contributed by atoms with Gasteiger partial charge in [-0.15, -0.1) is 0 Å². The fourth-order valence-electron chi connectivity index (χ4n) is 1.01. The zero-order valence-electron chi connectivity index (χ0n) is 6.28. The van der Waals surface area contributed by atoms with Crippen LogP contribution in [0, 0.1) is 0 Å². The molecule has 1 atom stereocenters. The molecule has 1 fully saturated rings. The van der Waals surface area contributed by atoms with Crippen LogP contribution in [0.4, 0.5) is 0 Å². The van der Waals surface area contributed by atoms with Gasteiger partial charge in [-0.25, -0.2) is 0 Å². The Morgan fingerprint density at radius 2 is 2.33 bits per heavy atom. The van der Waals surface area contributed by atoms with Crippen molar-refractivity contribution in [3.05, 3.63) is 12.2 Å². The second-order valence-corrected chi connectivity index (χ2v) is 2.76. The molecule has 1 N–H and O–H groups in total. The fourth-order valence-corrected chi connectivity index (χ4v) is 1.01. The second-order valence-electron chi connectivity index (χ2n) is 2.76. The Hall–Kier alpha value is -0.300. The molecule has 0 bridgehead atoms. The van der Waals surface area contributed by atoms with Gasteiger partial charge in [-0.3, -0.25) is 0 Å².